The van der Waals surface area contributed by atoms with Crippen LogP contribution in [0.4, 0.5) is 0 Å². The number of nitrogens with one attached hydrogen (secondary N) is 1. The van der Waals surface area contributed by atoms with Crippen molar-refractivity contribution in [3.05, 3.63) is 52.8 Å². The van der Waals surface area contributed by atoms with Gasteiger partial charge >= 0.3 is 0 Å². The Morgan fingerprint density at radius 2 is 2.05 bits per heavy atom. The molecule has 2 heterocycles. The van der Waals surface area contributed by atoms with Gasteiger partial charge in [-0.1, -0.05) is 36.4 Å². The third-order valence-corrected chi connectivity index (χ3v) is 3.57. The number of hydrogen-bond donors (Lipinski definition) is 1. The highest BCUT2D eigenvalue weighted by atomic mass is 16.1. The first kappa shape index (κ1) is 11.2. The Kier molecular flexibility index (Phi) is 2.32. The predicted molar refractivity (Wildman–Crippen MR) is 78.3 cm³/mol. The number of benzene rings is 1. The molecule has 0 amide bonds. The average molecular weight is 264 g/mol. The molecule has 0 bridgehead atoms. The normalized spacial score (nSPS) is 14.9. The number of hydrogen-bond acceptors (Lipinski definition) is 3. The standard InChI is InChI=1S/C15H12N4O/c20-15-14-13(11-8-4-5-9-12(11)16-17-14)18-19(15)10-6-2-1-3-7-10/h1-2,4-5,7-9,18H,3,6H2. The smallest absolute Gasteiger partial charge is 0.288 e. The van der Waals surface area contributed by atoms with E-state index < -0.39 is 0 Å². The number of rotatable bonds is 1. The summed E-state index contributed by atoms with van der Waals surface area (Å²) in [6.07, 6.45) is 7.80. The van der Waals surface area contributed by atoms with Gasteiger partial charge in [0.05, 0.1) is 11.0 Å². The number of aromatic nitrogens is 4. The first-order chi connectivity index (χ1) is 9.84. The molecule has 0 spiro atoms. The van der Waals surface area contributed by atoms with Crippen molar-refractivity contribution in [3.63, 3.8) is 0 Å². The molecule has 1 aliphatic carbocycles. The monoisotopic (exact) mass is 264 g/mol. The number of H-pyrrole nitrogens is 1. The van der Waals surface area contributed by atoms with Gasteiger partial charge in [-0.2, -0.15) is 0 Å². The van der Waals surface area contributed by atoms with Gasteiger partial charge in [0, 0.05) is 17.5 Å². The van der Waals surface area contributed by atoms with Crippen LogP contribution in [-0.4, -0.2) is 20.0 Å². The van der Waals surface area contributed by atoms with Gasteiger partial charge in [-0.25, -0.2) is 4.68 Å². The summed E-state index contributed by atoms with van der Waals surface area (Å²) in [7, 11) is 0. The maximum atomic E-state index is 12.4. The van der Waals surface area contributed by atoms with Crippen molar-refractivity contribution in [2.24, 2.45) is 0 Å². The lowest BCUT2D eigenvalue weighted by Gasteiger charge is -2.07. The summed E-state index contributed by atoms with van der Waals surface area (Å²) in [5.74, 6) is 0. The molecule has 2 aromatic heterocycles. The Balaban J connectivity index is 2.05. The quantitative estimate of drug-likeness (QED) is 0.687. The zero-order valence-electron chi connectivity index (χ0n) is 10.7. The zero-order chi connectivity index (χ0) is 13.5. The van der Waals surface area contributed by atoms with Gasteiger partial charge < -0.3 is 0 Å². The van der Waals surface area contributed by atoms with Crippen molar-refractivity contribution in [1.29, 1.82) is 0 Å². The molecule has 0 saturated carbocycles. The summed E-state index contributed by atoms with van der Waals surface area (Å²) in [6, 6.07) is 7.68. The molecule has 5 heteroatoms. The lowest BCUT2D eigenvalue weighted by Crippen LogP contribution is -2.16. The molecule has 0 saturated heterocycles. The van der Waals surface area contributed by atoms with Gasteiger partial charge in [-0.3, -0.25) is 9.89 Å². The first-order valence-electron chi connectivity index (χ1n) is 6.55. The van der Waals surface area contributed by atoms with E-state index in [1.807, 2.05) is 30.3 Å². The largest absolute Gasteiger partial charge is 0.299 e. The van der Waals surface area contributed by atoms with Crippen LogP contribution in [0.3, 0.4) is 0 Å². The third-order valence-electron chi connectivity index (χ3n) is 3.57. The molecule has 1 aromatic carbocycles. The summed E-state index contributed by atoms with van der Waals surface area (Å²) in [6.45, 7) is 0. The van der Waals surface area contributed by atoms with E-state index >= 15 is 0 Å². The minimum absolute atomic E-state index is 0.139. The van der Waals surface area contributed by atoms with Crippen LogP contribution >= 0.6 is 0 Å². The van der Waals surface area contributed by atoms with Crippen molar-refractivity contribution < 1.29 is 0 Å². The fourth-order valence-corrected chi connectivity index (χ4v) is 2.56. The fraction of sp³-hybridized carbons (Fsp3) is 0.133. The second kappa shape index (κ2) is 4.16. The lowest BCUT2D eigenvalue weighted by atomic mass is 10.1. The van der Waals surface area contributed by atoms with Gasteiger partial charge in [-0.15, -0.1) is 10.2 Å². The van der Waals surface area contributed by atoms with Crippen molar-refractivity contribution in [1.82, 2.24) is 20.0 Å². The van der Waals surface area contributed by atoms with Crippen molar-refractivity contribution in [2.45, 2.75) is 12.8 Å². The van der Waals surface area contributed by atoms with E-state index in [-0.39, 0.29) is 5.56 Å². The molecule has 20 heavy (non-hydrogen) atoms. The third kappa shape index (κ3) is 1.53. The molecular weight excluding hydrogens is 252 g/mol. The maximum Gasteiger partial charge on any atom is 0.299 e. The molecule has 0 fully saturated rings. The highest BCUT2D eigenvalue weighted by molar-refractivity contribution is 6.00. The van der Waals surface area contributed by atoms with Gasteiger partial charge in [0.25, 0.3) is 5.56 Å². The fourth-order valence-electron chi connectivity index (χ4n) is 2.56. The van der Waals surface area contributed by atoms with E-state index in [0.29, 0.717) is 5.52 Å². The van der Waals surface area contributed by atoms with E-state index in [1.165, 1.54) is 0 Å². The molecule has 4 rings (SSSR count). The van der Waals surface area contributed by atoms with Gasteiger partial charge in [0.2, 0.25) is 0 Å². The van der Waals surface area contributed by atoms with Crippen LogP contribution < -0.4 is 5.56 Å². The lowest BCUT2D eigenvalue weighted by molar-refractivity contribution is 0.853. The second-order valence-corrected chi connectivity index (χ2v) is 4.80. The topological polar surface area (TPSA) is 63.6 Å². The highest BCUT2D eigenvalue weighted by Gasteiger charge is 2.14. The summed E-state index contributed by atoms with van der Waals surface area (Å²) in [5.41, 5.74) is 2.74. The van der Waals surface area contributed by atoms with Crippen molar-refractivity contribution in [3.8, 4) is 0 Å². The number of nitrogens with zero attached hydrogens (tertiary/aromatic N) is 3. The molecule has 0 atom stereocenters. The molecule has 98 valence electrons. The summed E-state index contributed by atoms with van der Waals surface area (Å²) >= 11 is 0. The minimum atomic E-state index is -0.139. The number of aromatic amines is 1. The van der Waals surface area contributed by atoms with E-state index in [4.69, 9.17) is 0 Å². The Morgan fingerprint density at radius 1 is 1.15 bits per heavy atom. The molecule has 0 radical (unpaired) electrons. The van der Waals surface area contributed by atoms with E-state index in [9.17, 15) is 4.79 Å². The predicted octanol–water partition coefficient (Wildman–Crippen LogP) is 2.46. The average Bonchev–Trinajstić information content (AvgIpc) is 2.86. The molecule has 3 aromatic rings. The van der Waals surface area contributed by atoms with Gasteiger partial charge in [0.15, 0.2) is 5.52 Å². The van der Waals surface area contributed by atoms with Crippen LogP contribution in [0.25, 0.3) is 27.6 Å². The van der Waals surface area contributed by atoms with E-state index in [1.54, 1.807) is 4.68 Å². The Bertz CT molecular complexity index is 930. The van der Waals surface area contributed by atoms with Gasteiger partial charge in [0.1, 0.15) is 0 Å². The zero-order valence-corrected chi connectivity index (χ0v) is 10.7. The van der Waals surface area contributed by atoms with Crippen LogP contribution in [0.15, 0.2) is 47.3 Å². The second-order valence-electron chi connectivity index (χ2n) is 4.80. The van der Waals surface area contributed by atoms with Crippen LogP contribution in [0, 0.1) is 0 Å². The van der Waals surface area contributed by atoms with E-state index in [0.717, 1.165) is 35.0 Å². The molecule has 0 unspecified atom stereocenters. The molecule has 0 aliphatic heterocycles. The summed E-state index contributed by atoms with van der Waals surface area (Å²) < 4.78 is 1.58. The number of fused-ring (bicyclic) bond motifs is 3. The van der Waals surface area contributed by atoms with Crippen LogP contribution in [0.5, 0.6) is 0 Å². The molecule has 1 aliphatic rings. The minimum Gasteiger partial charge on any atom is -0.288 e. The first-order valence-corrected chi connectivity index (χ1v) is 6.55. The van der Waals surface area contributed by atoms with Crippen LogP contribution in [-0.2, 0) is 0 Å². The summed E-state index contributed by atoms with van der Waals surface area (Å²) in [4.78, 5) is 12.4. The Labute approximate surface area is 114 Å². The van der Waals surface area contributed by atoms with Crippen LogP contribution in [0.2, 0.25) is 0 Å². The van der Waals surface area contributed by atoms with Crippen molar-refractivity contribution in [2.75, 3.05) is 0 Å². The molecular formula is C15H12N4O. The Morgan fingerprint density at radius 3 is 2.90 bits per heavy atom. The summed E-state index contributed by atoms with van der Waals surface area (Å²) in [5, 5.41) is 12.3. The van der Waals surface area contributed by atoms with Crippen molar-refractivity contribution >= 4 is 27.6 Å². The van der Waals surface area contributed by atoms with Crippen LogP contribution in [0.1, 0.15) is 12.8 Å². The molecule has 5 nitrogen and oxygen atoms in total. The maximum absolute atomic E-state index is 12.4. The molecule has 1 N–H and O–H groups in total. The SMILES string of the molecule is O=c1c2nnc3ccccc3c2[nH]n1C1=CCC=CC1. The highest BCUT2D eigenvalue weighted by Crippen LogP contribution is 2.20. The van der Waals surface area contributed by atoms with Gasteiger partial charge in [-0.05, 0) is 12.5 Å². The number of allylic oxidation sites excluding steroid dienone is 4. The Hall–Kier alpha value is -2.69. The van der Waals surface area contributed by atoms with E-state index in [2.05, 4.69) is 27.4 Å².